The molecule has 57 heavy (non-hydrogen) atoms. The average molecular weight is 767 g/mol. The van der Waals surface area contributed by atoms with Crippen molar-refractivity contribution < 1.29 is 23.7 Å². The number of hydrogen-bond donors (Lipinski definition) is 1. The highest BCUT2D eigenvalue weighted by atomic mass is 16.5. The lowest BCUT2D eigenvalue weighted by Gasteiger charge is -2.21. The van der Waals surface area contributed by atoms with E-state index >= 15 is 0 Å². The van der Waals surface area contributed by atoms with Crippen LogP contribution in [0.4, 0.5) is 0 Å². The zero-order valence-corrected chi connectivity index (χ0v) is 32.0. The Hall–Kier alpha value is -5.72. The Bertz CT molecular complexity index is 2380. The Labute approximate surface area is 333 Å². The number of aryl methyl sites for hydroxylation is 2. The van der Waals surface area contributed by atoms with Crippen molar-refractivity contribution in [3.05, 3.63) is 166 Å². The third-order valence-electron chi connectivity index (χ3n) is 10.7. The smallest absolute Gasteiger partial charge is 0.163 e. The van der Waals surface area contributed by atoms with Crippen molar-refractivity contribution >= 4 is 0 Å². The third-order valence-corrected chi connectivity index (χ3v) is 10.7. The highest BCUT2D eigenvalue weighted by molar-refractivity contribution is 5.71. The van der Waals surface area contributed by atoms with Crippen LogP contribution >= 0.6 is 0 Å². The van der Waals surface area contributed by atoms with Gasteiger partial charge in [0.1, 0.15) is 24.9 Å². The van der Waals surface area contributed by atoms with Crippen LogP contribution in [0.3, 0.4) is 0 Å². The van der Waals surface area contributed by atoms with Gasteiger partial charge in [-0.3, -0.25) is 9.13 Å². The summed E-state index contributed by atoms with van der Waals surface area (Å²) >= 11 is 0. The molecule has 0 spiro atoms. The summed E-state index contributed by atoms with van der Waals surface area (Å²) in [7, 11) is 1.00. The van der Waals surface area contributed by atoms with Gasteiger partial charge < -0.3 is 23.7 Å². The predicted octanol–water partition coefficient (Wildman–Crippen LogP) is 8.40. The maximum atomic E-state index is 7.00. The van der Waals surface area contributed by atoms with Gasteiger partial charge in [0.05, 0.1) is 43.7 Å². The van der Waals surface area contributed by atoms with Crippen molar-refractivity contribution in [2.75, 3.05) is 20.3 Å². The Morgan fingerprint density at radius 3 is 1.74 bits per heavy atom. The number of fused-ring (bicyclic) bond motifs is 6. The van der Waals surface area contributed by atoms with E-state index in [0.717, 1.165) is 79.8 Å². The first-order valence-corrected chi connectivity index (χ1v) is 19.0. The van der Waals surface area contributed by atoms with Gasteiger partial charge in [0.2, 0.25) is 0 Å². The van der Waals surface area contributed by atoms with Crippen LogP contribution < -0.4 is 0 Å². The number of benzene rings is 4. The molecule has 1 unspecified atom stereocenters. The van der Waals surface area contributed by atoms with Crippen molar-refractivity contribution in [2.24, 2.45) is 0 Å². The lowest BCUT2D eigenvalue weighted by Crippen LogP contribution is -2.11. The lowest BCUT2D eigenvalue weighted by molar-refractivity contribution is 0.104. The number of rotatable bonds is 6. The first kappa shape index (κ1) is 39.5. The fourth-order valence-corrected chi connectivity index (χ4v) is 8.10. The van der Waals surface area contributed by atoms with E-state index in [4.69, 9.17) is 23.7 Å². The van der Waals surface area contributed by atoms with Gasteiger partial charge in [-0.25, -0.2) is 0 Å². The Kier molecular flexibility index (Phi) is 12.5. The first-order valence-electron chi connectivity index (χ1n) is 19.0. The van der Waals surface area contributed by atoms with E-state index in [1.165, 1.54) is 44.5 Å². The van der Waals surface area contributed by atoms with Crippen LogP contribution in [-0.4, -0.2) is 55.0 Å². The molecular formula is C46H50N6O5. The largest absolute Gasteiger partial charge is 0.472 e. The summed E-state index contributed by atoms with van der Waals surface area (Å²) < 4.78 is 27.3. The molecule has 3 aliphatic rings. The van der Waals surface area contributed by atoms with Crippen molar-refractivity contribution in [1.82, 2.24) is 29.5 Å². The van der Waals surface area contributed by atoms with Crippen molar-refractivity contribution in [3.63, 3.8) is 0 Å². The SMILES string of the molecule is C.CO.Cc1nnc2n1-c1ccc(-c3ccoc3)c(Cc3ccccc3)c1COC2.Cc1nnc2n1-c1ccc(C3CCOC3)c(Cc3ccccc3)c1COC2. The molecule has 0 aliphatic carbocycles. The molecular weight excluding hydrogens is 717 g/mol. The van der Waals surface area contributed by atoms with Gasteiger partial charge in [-0.2, -0.15) is 0 Å². The molecule has 3 aromatic heterocycles. The Morgan fingerprint density at radius 1 is 0.632 bits per heavy atom. The highest BCUT2D eigenvalue weighted by Crippen LogP contribution is 2.37. The van der Waals surface area contributed by atoms with Crippen molar-refractivity contribution in [1.29, 1.82) is 0 Å². The minimum absolute atomic E-state index is 0. The third kappa shape index (κ3) is 8.10. The summed E-state index contributed by atoms with van der Waals surface area (Å²) in [5, 5.41) is 24.1. The van der Waals surface area contributed by atoms with Crippen molar-refractivity contribution in [2.45, 2.75) is 72.9 Å². The number of aliphatic hydroxyl groups is 1. The highest BCUT2D eigenvalue weighted by Gasteiger charge is 2.27. The van der Waals surface area contributed by atoms with Gasteiger partial charge in [-0.05, 0) is 84.7 Å². The van der Waals surface area contributed by atoms with Crippen LogP contribution in [0.5, 0.6) is 0 Å². The number of ether oxygens (including phenoxy) is 3. The molecule has 0 bridgehead atoms. The van der Waals surface area contributed by atoms with E-state index in [1.807, 2.05) is 26.0 Å². The average Bonchev–Trinajstić information content (AvgIpc) is 4.05. The fraction of sp³-hybridized carbons (Fsp3) is 0.304. The summed E-state index contributed by atoms with van der Waals surface area (Å²) in [4.78, 5) is 0. The number of aromatic nitrogens is 6. The van der Waals surface area contributed by atoms with E-state index in [9.17, 15) is 0 Å². The standard InChI is InChI=1S/C22H23N3O2.C22H19N3O2.CH4O.CH4/c2*1-15-23-24-22-14-27-13-20-19(11-16-5-3-2-4-6-16)18(17-9-10-26-12-17)7-8-21(20)25(15)22;1-2;/h2-8,17H,9-14H2,1H3;2-10,12H,11,13-14H2,1H3;2H,1H3;1H4. The molecule has 294 valence electrons. The summed E-state index contributed by atoms with van der Waals surface area (Å²) in [6.07, 6.45) is 6.31. The maximum absolute atomic E-state index is 7.00. The molecule has 0 radical (unpaired) electrons. The minimum Gasteiger partial charge on any atom is -0.472 e. The van der Waals surface area contributed by atoms with E-state index in [1.54, 1.807) is 12.5 Å². The van der Waals surface area contributed by atoms with Crippen LogP contribution in [0.1, 0.15) is 82.0 Å². The van der Waals surface area contributed by atoms with Gasteiger partial charge >= 0.3 is 0 Å². The summed E-state index contributed by atoms with van der Waals surface area (Å²) in [6, 6.07) is 32.0. The van der Waals surface area contributed by atoms with Crippen LogP contribution in [0.25, 0.3) is 22.5 Å². The molecule has 1 saturated heterocycles. The summed E-state index contributed by atoms with van der Waals surface area (Å²) in [5.41, 5.74) is 13.5. The van der Waals surface area contributed by atoms with Crippen LogP contribution in [0, 0.1) is 13.8 Å². The van der Waals surface area contributed by atoms with Crippen LogP contribution in [-0.2, 0) is 53.5 Å². The van der Waals surface area contributed by atoms with E-state index < -0.39 is 0 Å². The van der Waals surface area contributed by atoms with Gasteiger partial charge in [0.25, 0.3) is 0 Å². The number of nitrogens with zero attached hydrogens (tertiary/aromatic N) is 6. The van der Waals surface area contributed by atoms with E-state index in [2.05, 4.69) is 108 Å². The van der Waals surface area contributed by atoms with E-state index in [-0.39, 0.29) is 7.43 Å². The Balaban J connectivity index is 0.000000164. The van der Waals surface area contributed by atoms with Crippen LogP contribution in [0.15, 0.2) is 108 Å². The topological polar surface area (TPSA) is 122 Å². The molecule has 11 heteroatoms. The molecule has 0 saturated carbocycles. The maximum Gasteiger partial charge on any atom is 0.163 e. The van der Waals surface area contributed by atoms with Gasteiger partial charge in [0.15, 0.2) is 11.6 Å². The van der Waals surface area contributed by atoms with Crippen molar-refractivity contribution in [3.8, 4) is 22.5 Å². The van der Waals surface area contributed by atoms with Gasteiger partial charge in [0, 0.05) is 36.3 Å². The lowest BCUT2D eigenvalue weighted by atomic mass is 9.86. The molecule has 1 fully saturated rings. The van der Waals surface area contributed by atoms with Gasteiger partial charge in [-0.15, -0.1) is 20.4 Å². The molecule has 1 N–H and O–H groups in total. The molecule has 11 nitrogen and oxygen atoms in total. The number of furan rings is 1. The minimum atomic E-state index is 0. The van der Waals surface area contributed by atoms with Crippen LogP contribution in [0.2, 0.25) is 0 Å². The summed E-state index contributed by atoms with van der Waals surface area (Å²) in [6.45, 7) is 7.72. The molecule has 0 amide bonds. The fourth-order valence-electron chi connectivity index (χ4n) is 8.10. The molecule has 7 aromatic rings. The number of aliphatic hydroxyl groups excluding tert-OH is 1. The number of hydrogen-bond acceptors (Lipinski definition) is 9. The van der Waals surface area contributed by atoms with Gasteiger partial charge in [-0.1, -0.05) is 80.2 Å². The normalized spacial score (nSPS) is 15.2. The second-order valence-electron chi connectivity index (χ2n) is 14.1. The molecule has 10 rings (SSSR count). The molecule has 6 heterocycles. The zero-order chi connectivity index (χ0) is 38.4. The zero-order valence-electron chi connectivity index (χ0n) is 32.0. The molecule has 3 aliphatic heterocycles. The first-order chi connectivity index (χ1) is 27.6. The summed E-state index contributed by atoms with van der Waals surface area (Å²) in [5.74, 6) is 3.94. The van der Waals surface area contributed by atoms with E-state index in [0.29, 0.717) is 32.3 Å². The predicted molar refractivity (Wildman–Crippen MR) is 218 cm³/mol. The quantitative estimate of drug-likeness (QED) is 0.178. The molecule has 4 aromatic carbocycles. The second kappa shape index (κ2) is 18.0. The second-order valence-corrected chi connectivity index (χ2v) is 14.1. The molecule has 1 atom stereocenters. The monoisotopic (exact) mass is 766 g/mol. The Morgan fingerprint density at radius 2 is 1.19 bits per heavy atom.